The maximum atomic E-state index is 9.49. The first kappa shape index (κ1) is 15.7. The van der Waals surface area contributed by atoms with Crippen molar-refractivity contribution in [3.05, 3.63) is 5.82 Å². The third kappa shape index (κ3) is 3.68. The fourth-order valence-corrected chi connectivity index (χ4v) is 3.48. The van der Waals surface area contributed by atoms with Crippen LogP contribution in [0.25, 0.3) is 0 Å². The van der Waals surface area contributed by atoms with E-state index >= 15 is 0 Å². The number of rotatable bonds is 3. The molecule has 2 rings (SSSR count). The second-order valence-electron chi connectivity index (χ2n) is 6.80. The molecule has 0 amide bonds. The van der Waals surface area contributed by atoms with Gasteiger partial charge >= 0.3 is 0 Å². The van der Waals surface area contributed by atoms with Crippen LogP contribution in [0, 0.1) is 0 Å². The summed E-state index contributed by atoms with van der Waals surface area (Å²) in [5.74, 6) is 0.927. The highest BCUT2D eigenvalue weighted by molar-refractivity contribution is 7.09. The van der Waals surface area contributed by atoms with E-state index in [2.05, 4.69) is 41.9 Å². The molecule has 0 saturated carbocycles. The predicted molar refractivity (Wildman–Crippen MR) is 83.5 cm³/mol. The summed E-state index contributed by atoms with van der Waals surface area (Å²) in [5.41, 5.74) is 0.00608. The van der Waals surface area contributed by atoms with Gasteiger partial charge in [0.2, 0.25) is 5.13 Å². The van der Waals surface area contributed by atoms with E-state index in [4.69, 9.17) is 4.98 Å². The smallest absolute Gasteiger partial charge is 0.205 e. The van der Waals surface area contributed by atoms with Crippen molar-refractivity contribution in [1.82, 2.24) is 14.3 Å². The van der Waals surface area contributed by atoms with E-state index in [0.29, 0.717) is 6.04 Å². The Bertz CT molecular complexity index is 441. The summed E-state index contributed by atoms with van der Waals surface area (Å²) in [6, 6.07) is 0.406. The maximum Gasteiger partial charge on any atom is 0.205 e. The number of anilines is 1. The molecule has 2 unspecified atom stereocenters. The Labute approximate surface area is 125 Å². The van der Waals surface area contributed by atoms with Gasteiger partial charge in [-0.3, -0.25) is 4.90 Å². The Hall–Kier alpha value is -0.720. The van der Waals surface area contributed by atoms with Crippen LogP contribution < -0.4 is 4.90 Å². The number of hydrogen-bond acceptors (Lipinski definition) is 6. The zero-order chi connectivity index (χ0) is 14.9. The molecule has 1 aromatic rings. The number of piperazine rings is 1. The van der Waals surface area contributed by atoms with Gasteiger partial charge in [-0.1, -0.05) is 20.8 Å². The minimum Gasteiger partial charge on any atom is -0.392 e. The monoisotopic (exact) mass is 298 g/mol. The average molecular weight is 298 g/mol. The first-order chi connectivity index (χ1) is 9.27. The molecule has 6 heteroatoms. The lowest BCUT2D eigenvalue weighted by molar-refractivity contribution is 0.114. The molecule has 20 heavy (non-hydrogen) atoms. The fourth-order valence-electron chi connectivity index (χ4n) is 2.49. The summed E-state index contributed by atoms with van der Waals surface area (Å²) in [7, 11) is 0. The zero-order valence-corrected chi connectivity index (χ0v) is 13.9. The summed E-state index contributed by atoms with van der Waals surface area (Å²) in [4.78, 5) is 9.36. The Morgan fingerprint density at radius 2 is 2.10 bits per heavy atom. The van der Waals surface area contributed by atoms with Crippen LogP contribution >= 0.6 is 11.5 Å². The van der Waals surface area contributed by atoms with Crippen molar-refractivity contribution in [2.24, 2.45) is 0 Å². The van der Waals surface area contributed by atoms with Gasteiger partial charge in [-0.15, -0.1) is 0 Å². The highest BCUT2D eigenvalue weighted by Crippen LogP contribution is 2.27. The number of hydrogen-bond donors (Lipinski definition) is 1. The molecule has 5 nitrogen and oxygen atoms in total. The molecule has 2 atom stereocenters. The second-order valence-corrected chi connectivity index (χ2v) is 7.53. The van der Waals surface area contributed by atoms with Crippen molar-refractivity contribution in [1.29, 1.82) is 0 Å². The van der Waals surface area contributed by atoms with E-state index in [1.807, 2.05) is 6.92 Å². The molecule has 114 valence electrons. The van der Waals surface area contributed by atoms with Crippen LogP contribution in [0.3, 0.4) is 0 Å². The lowest BCUT2D eigenvalue weighted by Gasteiger charge is -2.40. The quantitative estimate of drug-likeness (QED) is 0.921. The summed E-state index contributed by atoms with van der Waals surface area (Å²) in [6.45, 7) is 14.1. The van der Waals surface area contributed by atoms with Gasteiger partial charge in [0.05, 0.1) is 6.10 Å². The van der Waals surface area contributed by atoms with Crippen molar-refractivity contribution >= 4 is 16.7 Å². The molecule has 0 bridgehead atoms. The molecule has 2 heterocycles. The molecule has 0 spiro atoms. The molecule has 0 aromatic carbocycles. The summed E-state index contributed by atoms with van der Waals surface area (Å²) in [6.07, 6.45) is -0.261. The average Bonchev–Trinajstić information content (AvgIpc) is 2.77. The molecule has 0 radical (unpaired) electrons. The van der Waals surface area contributed by atoms with Gasteiger partial charge in [0.25, 0.3) is 0 Å². The van der Waals surface area contributed by atoms with Crippen LogP contribution in [0.1, 0.15) is 40.4 Å². The SMILES string of the molecule is CC(O)CN1CCN(c2nc(C(C)(C)C)ns2)C(C)C1. The number of aromatic nitrogens is 2. The van der Waals surface area contributed by atoms with Crippen molar-refractivity contribution in [3.63, 3.8) is 0 Å². The first-order valence-corrected chi connectivity index (χ1v) is 8.06. The van der Waals surface area contributed by atoms with Crippen LogP contribution in [0.2, 0.25) is 0 Å². The normalized spacial score (nSPS) is 23.1. The molecule has 1 aromatic heterocycles. The van der Waals surface area contributed by atoms with Crippen LogP contribution in [-0.2, 0) is 5.41 Å². The largest absolute Gasteiger partial charge is 0.392 e. The van der Waals surface area contributed by atoms with E-state index in [1.165, 1.54) is 11.5 Å². The zero-order valence-electron chi connectivity index (χ0n) is 13.1. The number of aliphatic hydroxyl groups excluding tert-OH is 1. The minimum atomic E-state index is -0.261. The van der Waals surface area contributed by atoms with Crippen molar-refractivity contribution < 1.29 is 5.11 Å². The van der Waals surface area contributed by atoms with Gasteiger partial charge in [0.15, 0.2) is 0 Å². The van der Waals surface area contributed by atoms with Crippen molar-refractivity contribution in [2.45, 2.75) is 52.2 Å². The van der Waals surface area contributed by atoms with Gasteiger partial charge in [-0.2, -0.15) is 4.37 Å². The van der Waals surface area contributed by atoms with Crippen LogP contribution in [0.4, 0.5) is 5.13 Å². The Kier molecular flexibility index (Phi) is 4.66. The molecular weight excluding hydrogens is 272 g/mol. The molecule has 1 aliphatic heterocycles. The van der Waals surface area contributed by atoms with Crippen LogP contribution in [0.15, 0.2) is 0 Å². The standard InChI is InChI=1S/C14H26N4OS/c1-10-8-17(9-11(2)19)6-7-18(10)13-15-12(16-20-13)14(3,4)5/h10-11,19H,6-9H2,1-5H3. The van der Waals surface area contributed by atoms with Crippen LogP contribution in [0.5, 0.6) is 0 Å². The van der Waals surface area contributed by atoms with E-state index in [-0.39, 0.29) is 11.5 Å². The molecule has 1 aliphatic rings. The highest BCUT2D eigenvalue weighted by atomic mass is 32.1. The topological polar surface area (TPSA) is 52.5 Å². The van der Waals surface area contributed by atoms with Crippen molar-refractivity contribution in [2.75, 3.05) is 31.1 Å². The first-order valence-electron chi connectivity index (χ1n) is 7.28. The minimum absolute atomic E-state index is 0.00608. The van der Waals surface area contributed by atoms with Gasteiger partial charge in [-0.25, -0.2) is 4.98 Å². The third-order valence-electron chi connectivity index (χ3n) is 3.57. The summed E-state index contributed by atoms with van der Waals surface area (Å²) in [5, 5.41) is 10.5. The Morgan fingerprint density at radius 1 is 1.40 bits per heavy atom. The summed E-state index contributed by atoms with van der Waals surface area (Å²) >= 11 is 1.50. The Balaban J connectivity index is 2.02. The number of nitrogens with zero attached hydrogens (tertiary/aromatic N) is 4. The van der Waals surface area contributed by atoms with Crippen LogP contribution in [-0.4, -0.2) is 57.7 Å². The van der Waals surface area contributed by atoms with Gasteiger partial charge in [-0.05, 0) is 13.8 Å². The molecular formula is C14H26N4OS. The predicted octanol–water partition coefficient (Wildman–Crippen LogP) is 1.73. The number of β-amino-alcohol motifs (C(OH)–C–C–N with tert-alkyl or cyclic N) is 1. The second kappa shape index (κ2) is 5.95. The molecule has 0 aliphatic carbocycles. The van der Waals surface area contributed by atoms with Gasteiger partial charge in [0.1, 0.15) is 5.82 Å². The molecule has 1 saturated heterocycles. The lowest BCUT2D eigenvalue weighted by atomic mass is 9.96. The van der Waals surface area contributed by atoms with E-state index < -0.39 is 0 Å². The van der Waals surface area contributed by atoms with Crippen molar-refractivity contribution in [3.8, 4) is 0 Å². The molecule has 1 N–H and O–H groups in total. The van der Waals surface area contributed by atoms with Gasteiger partial charge < -0.3 is 10.0 Å². The maximum absolute atomic E-state index is 9.49. The Morgan fingerprint density at radius 3 is 2.60 bits per heavy atom. The lowest BCUT2D eigenvalue weighted by Crippen LogP contribution is -2.53. The summed E-state index contributed by atoms with van der Waals surface area (Å²) < 4.78 is 4.50. The van der Waals surface area contributed by atoms with E-state index in [1.54, 1.807) is 0 Å². The van der Waals surface area contributed by atoms with E-state index in [9.17, 15) is 5.11 Å². The third-order valence-corrected chi connectivity index (χ3v) is 4.32. The highest BCUT2D eigenvalue weighted by Gasteiger charge is 2.28. The fraction of sp³-hybridized carbons (Fsp3) is 0.857. The van der Waals surface area contributed by atoms with Gasteiger partial charge in [0, 0.05) is 49.2 Å². The van der Waals surface area contributed by atoms with E-state index in [0.717, 1.165) is 37.1 Å². The number of aliphatic hydroxyl groups is 1. The molecule has 1 fully saturated rings.